The molecule has 0 spiro atoms. The number of nitrogens with zero attached hydrogens (tertiary/aromatic N) is 2. The van der Waals surface area contributed by atoms with Crippen molar-refractivity contribution in [1.82, 2.24) is 5.32 Å². The Hall–Kier alpha value is -2.85. The number of amidine groups is 1. The van der Waals surface area contributed by atoms with Gasteiger partial charge in [0.1, 0.15) is 11.9 Å². The summed E-state index contributed by atoms with van der Waals surface area (Å²) in [4.78, 5) is 22.6. The molecule has 31 heavy (non-hydrogen) atoms. The molecule has 8 nitrogen and oxygen atoms in total. The number of carboxylic acid groups (broad SMARTS) is 1. The first kappa shape index (κ1) is 22.8. The van der Waals surface area contributed by atoms with E-state index in [0.717, 1.165) is 21.8 Å². The van der Waals surface area contributed by atoms with E-state index in [1.807, 2.05) is 37.3 Å². The molecule has 0 bridgehead atoms. The molecule has 2 aromatic carbocycles. The van der Waals surface area contributed by atoms with Crippen LogP contribution in [-0.2, 0) is 16.2 Å². The molecule has 162 valence electrons. The third kappa shape index (κ3) is 6.56. The quantitative estimate of drug-likeness (QED) is 0.395. The van der Waals surface area contributed by atoms with Crippen molar-refractivity contribution in [2.24, 2.45) is 10.2 Å². The zero-order chi connectivity index (χ0) is 22.2. The van der Waals surface area contributed by atoms with Gasteiger partial charge in [-0.25, -0.2) is 0 Å². The number of aliphatic carboxylic acids is 1. The van der Waals surface area contributed by atoms with Crippen molar-refractivity contribution in [3.8, 4) is 11.5 Å². The highest BCUT2D eigenvalue weighted by Crippen LogP contribution is 2.34. The number of hydrogen-bond acceptors (Lipinski definition) is 7. The lowest BCUT2D eigenvalue weighted by Gasteiger charge is -2.14. The van der Waals surface area contributed by atoms with Gasteiger partial charge in [-0.05, 0) is 40.5 Å². The molecule has 10 heteroatoms. The molecule has 1 amide bonds. The minimum absolute atomic E-state index is 0.261. The molecule has 3 rings (SSSR count). The molecule has 0 radical (unpaired) electrons. The van der Waals surface area contributed by atoms with Crippen molar-refractivity contribution in [2.75, 3.05) is 6.61 Å². The molecule has 0 aromatic heterocycles. The minimum Gasteiger partial charge on any atom is -0.490 e. The van der Waals surface area contributed by atoms with Gasteiger partial charge in [-0.2, -0.15) is 5.10 Å². The summed E-state index contributed by atoms with van der Waals surface area (Å²) in [6, 6.07) is 13.4. The number of carbonyl (C=O) groups is 2. The Bertz CT molecular complexity index is 1010. The first-order chi connectivity index (χ1) is 15.0. The normalized spacial score (nSPS) is 17.2. The van der Waals surface area contributed by atoms with Gasteiger partial charge in [0.2, 0.25) is 5.91 Å². The largest absolute Gasteiger partial charge is 0.490 e. The Morgan fingerprint density at radius 2 is 2.00 bits per heavy atom. The van der Waals surface area contributed by atoms with E-state index in [1.54, 1.807) is 12.1 Å². The number of rotatable bonds is 9. The van der Waals surface area contributed by atoms with Gasteiger partial charge in [0.15, 0.2) is 16.7 Å². The molecule has 1 aliphatic rings. The van der Waals surface area contributed by atoms with Crippen LogP contribution in [0.1, 0.15) is 24.5 Å². The first-order valence-corrected chi connectivity index (χ1v) is 11.1. The first-order valence-electron chi connectivity index (χ1n) is 9.39. The van der Waals surface area contributed by atoms with E-state index in [2.05, 4.69) is 31.4 Å². The third-order valence-corrected chi connectivity index (χ3v) is 5.84. The Labute approximate surface area is 191 Å². The maximum absolute atomic E-state index is 11.8. The molecular weight excluding hydrogens is 486 g/mol. The molecule has 1 atom stereocenters. The standard InChI is InChI=1S/C21H20BrN3O5S/c1-2-29-16-8-14(11-23-25-21-24-20(28)18(31-21)10-19(26)27)15(22)9-17(16)30-12-13-6-4-3-5-7-13/h3-9,11,18H,2,10,12H2,1H3,(H,26,27)(H,24,25,28). The fourth-order valence-corrected chi connectivity index (χ4v) is 3.99. The van der Waals surface area contributed by atoms with Crippen LogP contribution in [-0.4, -0.2) is 40.2 Å². The number of benzene rings is 2. The number of nitrogens with one attached hydrogen (secondary N) is 1. The van der Waals surface area contributed by atoms with Crippen LogP contribution in [0.2, 0.25) is 0 Å². The van der Waals surface area contributed by atoms with Gasteiger partial charge in [-0.1, -0.05) is 42.1 Å². The number of thioether (sulfide) groups is 1. The van der Waals surface area contributed by atoms with Gasteiger partial charge in [-0.15, -0.1) is 5.10 Å². The molecule has 1 heterocycles. The Morgan fingerprint density at radius 1 is 1.26 bits per heavy atom. The molecule has 1 saturated heterocycles. The van der Waals surface area contributed by atoms with E-state index in [0.29, 0.717) is 30.3 Å². The van der Waals surface area contributed by atoms with Crippen molar-refractivity contribution in [1.29, 1.82) is 0 Å². The number of ether oxygens (including phenoxy) is 2. The summed E-state index contributed by atoms with van der Waals surface area (Å²) >= 11 is 4.55. The van der Waals surface area contributed by atoms with Gasteiger partial charge >= 0.3 is 5.97 Å². The molecular formula is C21H20BrN3O5S. The van der Waals surface area contributed by atoms with E-state index >= 15 is 0 Å². The van der Waals surface area contributed by atoms with Crippen molar-refractivity contribution < 1.29 is 24.2 Å². The Kier molecular flexibility index (Phi) is 8.07. The van der Waals surface area contributed by atoms with Crippen LogP contribution in [0.15, 0.2) is 57.1 Å². The average molecular weight is 506 g/mol. The average Bonchev–Trinajstić information content (AvgIpc) is 3.08. The topological polar surface area (TPSA) is 110 Å². The van der Waals surface area contributed by atoms with E-state index in [4.69, 9.17) is 14.6 Å². The predicted octanol–water partition coefficient (Wildman–Crippen LogP) is 3.82. The van der Waals surface area contributed by atoms with Crippen molar-refractivity contribution in [3.05, 3.63) is 58.1 Å². The highest BCUT2D eigenvalue weighted by Gasteiger charge is 2.32. The zero-order valence-corrected chi connectivity index (χ0v) is 19.0. The van der Waals surface area contributed by atoms with Crippen LogP contribution < -0.4 is 14.8 Å². The molecule has 1 aliphatic heterocycles. The molecule has 1 fully saturated rings. The summed E-state index contributed by atoms with van der Waals surface area (Å²) in [5.74, 6) is -0.266. The molecule has 0 saturated carbocycles. The summed E-state index contributed by atoms with van der Waals surface area (Å²) in [6.45, 7) is 2.76. The SMILES string of the molecule is CCOc1cc(C=NN=C2NC(=O)C(CC(=O)O)S2)c(Br)cc1OCc1ccccc1. The molecule has 2 N–H and O–H groups in total. The van der Waals surface area contributed by atoms with E-state index in [9.17, 15) is 9.59 Å². The van der Waals surface area contributed by atoms with Crippen LogP contribution in [0.3, 0.4) is 0 Å². The van der Waals surface area contributed by atoms with Crippen LogP contribution in [0.5, 0.6) is 11.5 Å². The maximum Gasteiger partial charge on any atom is 0.305 e. The summed E-state index contributed by atoms with van der Waals surface area (Å²) in [7, 11) is 0. The lowest BCUT2D eigenvalue weighted by atomic mass is 10.2. The summed E-state index contributed by atoms with van der Waals surface area (Å²) in [5.41, 5.74) is 1.75. The fourth-order valence-electron chi connectivity index (χ4n) is 2.65. The van der Waals surface area contributed by atoms with Gasteiger partial charge < -0.3 is 19.9 Å². The Balaban J connectivity index is 1.72. The number of hydrogen-bond donors (Lipinski definition) is 2. The van der Waals surface area contributed by atoms with Gasteiger partial charge in [-0.3, -0.25) is 9.59 Å². The van der Waals surface area contributed by atoms with E-state index in [1.165, 1.54) is 6.21 Å². The molecule has 1 unspecified atom stereocenters. The third-order valence-electron chi connectivity index (χ3n) is 4.08. The highest BCUT2D eigenvalue weighted by atomic mass is 79.9. The molecule has 2 aromatic rings. The van der Waals surface area contributed by atoms with Gasteiger partial charge in [0.05, 0.1) is 19.2 Å². The molecule has 0 aliphatic carbocycles. The lowest BCUT2D eigenvalue weighted by molar-refractivity contribution is -0.138. The monoisotopic (exact) mass is 505 g/mol. The smallest absolute Gasteiger partial charge is 0.305 e. The van der Waals surface area contributed by atoms with Crippen LogP contribution in [0.4, 0.5) is 0 Å². The maximum atomic E-state index is 11.8. The van der Waals surface area contributed by atoms with E-state index < -0.39 is 11.2 Å². The van der Waals surface area contributed by atoms with Crippen molar-refractivity contribution >= 4 is 51.0 Å². The van der Waals surface area contributed by atoms with Crippen LogP contribution in [0, 0.1) is 0 Å². The second kappa shape index (κ2) is 11.0. The second-order valence-corrected chi connectivity index (χ2v) is 8.42. The van der Waals surface area contributed by atoms with Gasteiger partial charge in [0, 0.05) is 10.0 Å². The summed E-state index contributed by atoms with van der Waals surface area (Å²) < 4.78 is 12.4. The fraction of sp³-hybridized carbons (Fsp3) is 0.238. The number of halogens is 1. The van der Waals surface area contributed by atoms with Crippen LogP contribution >= 0.6 is 27.7 Å². The van der Waals surface area contributed by atoms with Gasteiger partial charge in [0.25, 0.3) is 0 Å². The lowest BCUT2D eigenvalue weighted by Crippen LogP contribution is -2.26. The van der Waals surface area contributed by atoms with E-state index in [-0.39, 0.29) is 17.5 Å². The summed E-state index contributed by atoms with van der Waals surface area (Å²) in [6.07, 6.45) is 1.24. The predicted molar refractivity (Wildman–Crippen MR) is 123 cm³/mol. The second-order valence-electron chi connectivity index (χ2n) is 6.37. The number of amides is 1. The van der Waals surface area contributed by atoms with Crippen molar-refractivity contribution in [2.45, 2.75) is 25.2 Å². The summed E-state index contributed by atoms with van der Waals surface area (Å²) in [5, 5.41) is 18.9. The minimum atomic E-state index is -1.04. The zero-order valence-electron chi connectivity index (χ0n) is 16.6. The highest BCUT2D eigenvalue weighted by molar-refractivity contribution is 9.10. The Morgan fingerprint density at radius 3 is 2.71 bits per heavy atom. The number of carbonyl (C=O) groups excluding carboxylic acids is 1. The number of carboxylic acids is 1. The van der Waals surface area contributed by atoms with Crippen molar-refractivity contribution in [3.63, 3.8) is 0 Å². The van der Waals surface area contributed by atoms with Crippen LogP contribution in [0.25, 0.3) is 0 Å².